The van der Waals surface area contributed by atoms with Gasteiger partial charge in [-0.2, -0.15) is 0 Å². The predicted molar refractivity (Wildman–Crippen MR) is 99.0 cm³/mol. The van der Waals surface area contributed by atoms with Gasteiger partial charge in [-0.3, -0.25) is 14.9 Å². The van der Waals surface area contributed by atoms with Crippen LogP contribution in [-0.4, -0.2) is 41.8 Å². The third kappa shape index (κ3) is 4.44. The summed E-state index contributed by atoms with van der Waals surface area (Å²) in [5.41, 5.74) is 0.423. The summed E-state index contributed by atoms with van der Waals surface area (Å²) >= 11 is 11.9. The molecule has 0 spiro atoms. The molecule has 1 aromatic carbocycles. The summed E-state index contributed by atoms with van der Waals surface area (Å²) in [6.07, 6.45) is 2.11. The molecule has 0 aromatic heterocycles. The van der Waals surface area contributed by atoms with E-state index in [-0.39, 0.29) is 18.2 Å². The van der Waals surface area contributed by atoms with E-state index in [0.29, 0.717) is 27.6 Å². The van der Waals surface area contributed by atoms with Gasteiger partial charge in [-0.05, 0) is 37.0 Å². The van der Waals surface area contributed by atoms with Crippen LogP contribution in [0.2, 0.25) is 10.0 Å². The summed E-state index contributed by atoms with van der Waals surface area (Å²) < 4.78 is 0. The molecular weight excluding hydrogens is 363 g/mol. The minimum Gasteiger partial charge on any atom is -0.343 e. The smallest absolute Gasteiger partial charge is 0.252 e. The summed E-state index contributed by atoms with van der Waals surface area (Å²) in [7, 11) is 0. The normalized spacial score (nSPS) is 21.1. The predicted octanol–water partition coefficient (Wildman–Crippen LogP) is 2.91. The van der Waals surface area contributed by atoms with Crippen molar-refractivity contribution in [1.82, 2.24) is 10.2 Å². The van der Waals surface area contributed by atoms with Crippen molar-refractivity contribution < 1.29 is 9.59 Å². The lowest BCUT2D eigenvalue weighted by molar-refractivity contribution is -0.124. The first-order valence-corrected chi connectivity index (χ1v) is 9.06. The molecule has 134 valence electrons. The van der Waals surface area contributed by atoms with Crippen molar-refractivity contribution >= 4 is 46.7 Å². The number of rotatable bonds is 3. The summed E-state index contributed by atoms with van der Waals surface area (Å²) in [4.78, 5) is 30.8. The van der Waals surface area contributed by atoms with E-state index in [4.69, 9.17) is 23.2 Å². The zero-order chi connectivity index (χ0) is 18.0. The van der Waals surface area contributed by atoms with Gasteiger partial charge in [-0.25, -0.2) is 4.99 Å². The van der Waals surface area contributed by atoms with Crippen molar-refractivity contribution in [3.05, 3.63) is 28.2 Å². The highest BCUT2D eigenvalue weighted by Gasteiger charge is 2.32. The number of anilines is 1. The number of benzene rings is 1. The molecule has 2 aliphatic heterocycles. The topological polar surface area (TPSA) is 73.8 Å². The number of hydrogen-bond donors (Lipinski definition) is 2. The Labute approximate surface area is 156 Å². The lowest BCUT2D eigenvalue weighted by atomic mass is 10.00. The second-order valence-corrected chi connectivity index (χ2v) is 7.35. The molecule has 2 heterocycles. The van der Waals surface area contributed by atoms with Crippen LogP contribution in [0.3, 0.4) is 0 Å². The highest BCUT2D eigenvalue weighted by molar-refractivity contribution is 6.35. The van der Waals surface area contributed by atoms with E-state index in [1.165, 1.54) is 0 Å². The summed E-state index contributed by atoms with van der Waals surface area (Å²) in [6.45, 7) is 3.97. The van der Waals surface area contributed by atoms with E-state index >= 15 is 0 Å². The molecule has 1 aromatic rings. The molecule has 2 N–H and O–H groups in total. The third-order valence-electron chi connectivity index (χ3n) is 4.48. The van der Waals surface area contributed by atoms with E-state index in [9.17, 15) is 9.59 Å². The Morgan fingerprint density at radius 2 is 2.08 bits per heavy atom. The van der Waals surface area contributed by atoms with Gasteiger partial charge in [0.25, 0.3) is 5.91 Å². The van der Waals surface area contributed by atoms with Gasteiger partial charge in [0.1, 0.15) is 6.04 Å². The van der Waals surface area contributed by atoms with Crippen LogP contribution >= 0.6 is 23.2 Å². The molecule has 0 radical (unpaired) electrons. The number of nitrogens with one attached hydrogen (secondary N) is 2. The van der Waals surface area contributed by atoms with Crippen LogP contribution in [0.5, 0.6) is 0 Å². The van der Waals surface area contributed by atoms with E-state index in [1.54, 1.807) is 18.2 Å². The molecule has 8 heteroatoms. The fourth-order valence-electron chi connectivity index (χ4n) is 2.92. The number of carbonyl (C=O) groups excluding carboxylic acids is 2. The van der Waals surface area contributed by atoms with Gasteiger partial charge < -0.3 is 10.2 Å². The number of guanidine groups is 1. The summed E-state index contributed by atoms with van der Waals surface area (Å²) in [5.74, 6) is 0.691. The SMILES string of the molecule is CC1CCN(C2=N[C@@H](CC(=O)Nc3cc(Cl)ccc3Cl)C(=O)N2)CC1. The maximum atomic E-state index is 12.2. The van der Waals surface area contributed by atoms with Crippen molar-refractivity contribution in [2.45, 2.75) is 32.2 Å². The molecule has 1 fully saturated rings. The van der Waals surface area contributed by atoms with Crippen LogP contribution in [0.1, 0.15) is 26.2 Å². The fraction of sp³-hybridized carbons (Fsp3) is 0.471. The van der Waals surface area contributed by atoms with E-state index in [0.717, 1.165) is 25.9 Å². The fourth-order valence-corrected chi connectivity index (χ4v) is 3.26. The average Bonchev–Trinajstić information content (AvgIpc) is 2.92. The molecular formula is C17H20Cl2N4O2. The van der Waals surface area contributed by atoms with Gasteiger partial charge in [0.2, 0.25) is 11.9 Å². The van der Waals surface area contributed by atoms with Crippen LogP contribution in [0, 0.1) is 5.92 Å². The first kappa shape index (κ1) is 18.0. The van der Waals surface area contributed by atoms with Crippen molar-refractivity contribution in [1.29, 1.82) is 0 Å². The number of piperidine rings is 1. The number of carbonyl (C=O) groups is 2. The van der Waals surface area contributed by atoms with Gasteiger partial charge in [0.15, 0.2) is 0 Å². The van der Waals surface area contributed by atoms with Crippen LogP contribution in [-0.2, 0) is 9.59 Å². The number of aliphatic imine (C=N–C) groups is 1. The molecule has 25 heavy (non-hydrogen) atoms. The number of nitrogens with zero attached hydrogens (tertiary/aromatic N) is 2. The quantitative estimate of drug-likeness (QED) is 0.843. The first-order chi connectivity index (χ1) is 11.9. The molecule has 0 aliphatic carbocycles. The Kier molecular flexibility index (Phi) is 5.49. The van der Waals surface area contributed by atoms with E-state index in [1.807, 2.05) is 0 Å². The molecule has 1 atom stereocenters. The van der Waals surface area contributed by atoms with Crippen LogP contribution in [0.15, 0.2) is 23.2 Å². The Hall–Kier alpha value is -1.79. The summed E-state index contributed by atoms with van der Waals surface area (Å²) in [5, 5.41) is 6.33. The van der Waals surface area contributed by atoms with Gasteiger partial charge in [-0.15, -0.1) is 0 Å². The highest BCUT2D eigenvalue weighted by Crippen LogP contribution is 2.26. The number of halogens is 2. The Bertz CT molecular complexity index is 715. The molecule has 2 aliphatic rings. The van der Waals surface area contributed by atoms with Gasteiger partial charge >= 0.3 is 0 Å². The van der Waals surface area contributed by atoms with Crippen molar-refractivity contribution in [3.63, 3.8) is 0 Å². The molecule has 2 amide bonds. The van der Waals surface area contributed by atoms with Crippen LogP contribution < -0.4 is 10.6 Å². The van der Waals surface area contributed by atoms with Gasteiger partial charge in [-0.1, -0.05) is 30.1 Å². The zero-order valence-electron chi connectivity index (χ0n) is 13.9. The molecule has 0 saturated carbocycles. The minimum atomic E-state index is -0.715. The van der Waals surface area contributed by atoms with Crippen molar-refractivity contribution in [3.8, 4) is 0 Å². The Morgan fingerprint density at radius 3 is 2.80 bits per heavy atom. The van der Waals surface area contributed by atoms with E-state index < -0.39 is 6.04 Å². The van der Waals surface area contributed by atoms with Gasteiger partial charge in [0, 0.05) is 18.1 Å². The van der Waals surface area contributed by atoms with Crippen LogP contribution in [0.4, 0.5) is 5.69 Å². The monoisotopic (exact) mass is 382 g/mol. The summed E-state index contributed by atoms with van der Waals surface area (Å²) in [6, 6.07) is 4.10. The maximum Gasteiger partial charge on any atom is 0.252 e. The lowest BCUT2D eigenvalue weighted by Crippen LogP contribution is -2.44. The van der Waals surface area contributed by atoms with E-state index in [2.05, 4.69) is 27.4 Å². The second-order valence-electron chi connectivity index (χ2n) is 6.50. The standard InChI is InChI=1S/C17H20Cl2N4O2/c1-10-4-6-23(7-5-10)17-21-14(16(25)22-17)9-15(24)20-13-8-11(18)2-3-12(13)19/h2-3,8,10,14H,4-7,9H2,1H3,(H,20,24)(H,21,22,25)/t14-/m0/s1. The van der Waals surface area contributed by atoms with Crippen molar-refractivity contribution in [2.24, 2.45) is 10.9 Å². The Morgan fingerprint density at radius 1 is 1.36 bits per heavy atom. The highest BCUT2D eigenvalue weighted by atomic mass is 35.5. The molecule has 0 bridgehead atoms. The molecule has 3 rings (SSSR count). The number of hydrogen-bond acceptors (Lipinski definition) is 4. The van der Waals surface area contributed by atoms with Crippen LogP contribution in [0.25, 0.3) is 0 Å². The third-order valence-corrected chi connectivity index (χ3v) is 5.04. The largest absolute Gasteiger partial charge is 0.343 e. The molecule has 1 saturated heterocycles. The lowest BCUT2D eigenvalue weighted by Gasteiger charge is -2.31. The second kappa shape index (κ2) is 7.62. The molecule has 0 unspecified atom stereocenters. The number of amides is 2. The average molecular weight is 383 g/mol. The zero-order valence-corrected chi connectivity index (χ0v) is 15.4. The first-order valence-electron chi connectivity index (χ1n) is 8.31. The van der Waals surface area contributed by atoms with Gasteiger partial charge in [0.05, 0.1) is 17.1 Å². The van der Waals surface area contributed by atoms with Crippen molar-refractivity contribution in [2.75, 3.05) is 18.4 Å². The minimum absolute atomic E-state index is 0.0393. The Balaban J connectivity index is 1.61. The maximum absolute atomic E-state index is 12.2. The molecule has 6 nitrogen and oxygen atoms in total. The number of likely N-dealkylation sites (tertiary alicyclic amines) is 1.